The Kier molecular flexibility index (Phi) is 7.17. The van der Waals surface area contributed by atoms with E-state index in [1.807, 2.05) is 18.5 Å². The van der Waals surface area contributed by atoms with Crippen LogP contribution in [0.15, 0.2) is 24.5 Å². The minimum Gasteiger partial charge on any atom is -0.314 e. The molecule has 3 nitrogen and oxygen atoms in total. The Morgan fingerprint density at radius 2 is 2.14 bits per heavy atom. The summed E-state index contributed by atoms with van der Waals surface area (Å²) in [6.45, 7) is 5.61. The second kappa shape index (κ2) is 9.16. The average Bonchev–Trinajstić information content (AvgIpc) is 2.71. The summed E-state index contributed by atoms with van der Waals surface area (Å²) in [5.41, 5.74) is 1.31. The summed E-state index contributed by atoms with van der Waals surface area (Å²) in [4.78, 5) is 6.68. The maximum absolute atomic E-state index is 4.22. The molecule has 0 bridgehead atoms. The van der Waals surface area contributed by atoms with E-state index in [4.69, 9.17) is 0 Å². The minimum absolute atomic E-state index is 0.712. The lowest BCUT2D eigenvalue weighted by molar-refractivity contribution is 0.218. The number of pyridine rings is 1. The van der Waals surface area contributed by atoms with Gasteiger partial charge in [-0.25, -0.2) is 0 Å². The molecule has 0 saturated heterocycles. The molecule has 1 fully saturated rings. The van der Waals surface area contributed by atoms with Gasteiger partial charge in [0.1, 0.15) is 0 Å². The highest BCUT2D eigenvalue weighted by atomic mass is 15.1. The monoisotopic (exact) mass is 289 g/mol. The summed E-state index contributed by atoms with van der Waals surface area (Å²) < 4.78 is 0. The molecule has 21 heavy (non-hydrogen) atoms. The topological polar surface area (TPSA) is 28.2 Å². The number of nitrogens with zero attached hydrogens (tertiary/aromatic N) is 2. The molecule has 1 saturated carbocycles. The van der Waals surface area contributed by atoms with Gasteiger partial charge in [-0.2, -0.15) is 0 Å². The van der Waals surface area contributed by atoms with Crippen molar-refractivity contribution in [1.29, 1.82) is 0 Å². The summed E-state index contributed by atoms with van der Waals surface area (Å²) in [6, 6.07) is 4.91. The third-order valence-corrected chi connectivity index (χ3v) is 4.54. The largest absolute Gasteiger partial charge is 0.314 e. The molecule has 1 aromatic rings. The van der Waals surface area contributed by atoms with E-state index in [9.17, 15) is 0 Å². The number of aromatic nitrogens is 1. The number of nitrogens with one attached hydrogen (secondary N) is 1. The van der Waals surface area contributed by atoms with E-state index in [1.165, 1.54) is 50.6 Å². The van der Waals surface area contributed by atoms with Crippen LogP contribution in [0.4, 0.5) is 0 Å². The number of rotatable bonds is 7. The maximum Gasteiger partial charge on any atom is 0.0312 e. The van der Waals surface area contributed by atoms with Gasteiger partial charge < -0.3 is 10.2 Å². The van der Waals surface area contributed by atoms with Crippen LogP contribution in [-0.4, -0.2) is 36.1 Å². The first-order valence-electron chi connectivity index (χ1n) is 8.60. The van der Waals surface area contributed by atoms with Gasteiger partial charge in [0.05, 0.1) is 0 Å². The number of hydrogen-bond acceptors (Lipinski definition) is 3. The molecule has 2 unspecified atom stereocenters. The lowest BCUT2D eigenvalue weighted by atomic mass is 9.94. The average molecular weight is 289 g/mol. The summed E-state index contributed by atoms with van der Waals surface area (Å²) in [5, 5.41) is 3.79. The lowest BCUT2D eigenvalue weighted by Crippen LogP contribution is -2.41. The Bertz CT molecular complexity index is 379. The SMILES string of the molecule is CCCNC1CCCCCC1CN(C)Cc1cccnc1. The van der Waals surface area contributed by atoms with Gasteiger partial charge in [-0.15, -0.1) is 0 Å². The predicted molar refractivity (Wildman–Crippen MR) is 89.2 cm³/mol. The van der Waals surface area contributed by atoms with Crippen molar-refractivity contribution in [3.8, 4) is 0 Å². The molecule has 1 N–H and O–H groups in total. The van der Waals surface area contributed by atoms with E-state index in [1.54, 1.807) is 0 Å². The van der Waals surface area contributed by atoms with E-state index in [0.717, 1.165) is 19.0 Å². The van der Waals surface area contributed by atoms with Crippen LogP contribution >= 0.6 is 0 Å². The van der Waals surface area contributed by atoms with Crippen LogP contribution < -0.4 is 5.32 Å². The Morgan fingerprint density at radius 1 is 1.29 bits per heavy atom. The molecule has 118 valence electrons. The van der Waals surface area contributed by atoms with Crippen LogP contribution in [0.3, 0.4) is 0 Å². The first-order chi connectivity index (χ1) is 10.3. The third-order valence-electron chi connectivity index (χ3n) is 4.54. The van der Waals surface area contributed by atoms with Gasteiger partial charge in [0.25, 0.3) is 0 Å². The van der Waals surface area contributed by atoms with Gasteiger partial charge in [-0.3, -0.25) is 4.98 Å². The van der Waals surface area contributed by atoms with Gasteiger partial charge >= 0.3 is 0 Å². The van der Waals surface area contributed by atoms with Crippen molar-refractivity contribution in [2.45, 2.75) is 58.0 Å². The molecular weight excluding hydrogens is 258 g/mol. The number of hydrogen-bond donors (Lipinski definition) is 1. The van der Waals surface area contributed by atoms with Crippen LogP contribution in [-0.2, 0) is 6.54 Å². The van der Waals surface area contributed by atoms with Gasteiger partial charge in [0.15, 0.2) is 0 Å². The smallest absolute Gasteiger partial charge is 0.0312 e. The molecule has 0 spiro atoms. The Labute approximate surface area is 130 Å². The fourth-order valence-corrected chi connectivity index (χ4v) is 3.47. The van der Waals surface area contributed by atoms with Crippen LogP contribution in [0.1, 0.15) is 51.0 Å². The van der Waals surface area contributed by atoms with E-state index in [2.05, 4.69) is 35.2 Å². The highest BCUT2D eigenvalue weighted by Crippen LogP contribution is 2.24. The van der Waals surface area contributed by atoms with Crippen molar-refractivity contribution in [2.24, 2.45) is 5.92 Å². The molecule has 0 aliphatic heterocycles. The van der Waals surface area contributed by atoms with Crippen LogP contribution in [0.5, 0.6) is 0 Å². The zero-order valence-corrected chi connectivity index (χ0v) is 13.7. The molecule has 0 aromatic carbocycles. The van der Waals surface area contributed by atoms with Crippen molar-refractivity contribution in [3.05, 3.63) is 30.1 Å². The van der Waals surface area contributed by atoms with E-state index >= 15 is 0 Å². The third kappa shape index (κ3) is 5.76. The van der Waals surface area contributed by atoms with Crippen molar-refractivity contribution >= 4 is 0 Å². The first kappa shape index (κ1) is 16.4. The van der Waals surface area contributed by atoms with Gasteiger partial charge in [-0.1, -0.05) is 32.3 Å². The fraction of sp³-hybridized carbons (Fsp3) is 0.722. The molecule has 1 aliphatic carbocycles. The first-order valence-corrected chi connectivity index (χ1v) is 8.60. The van der Waals surface area contributed by atoms with Crippen molar-refractivity contribution in [3.63, 3.8) is 0 Å². The van der Waals surface area contributed by atoms with E-state index < -0.39 is 0 Å². The van der Waals surface area contributed by atoms with Crippen LogP contribution in [0, 0.1) is 5.92 Å². The van der Waals surface area contributed by atoms with Crippen LogP contribution in [0.2, 0.25) is 0 Å². The molecule has 1 aromatic heterocycles. The van der Waals surface area contributed by atoms with E-state index in [0.29, 0.717) is 6.04 Å². The van der Waals surface area contributed by atoms with Gasteiger partial charge in [0, 0.05) is 31.5 Å². The normalized spacial score (nSPS) is 23.2. The highest BCUT2D eigenvalue weighted by Gasteiger charge is 2.24. The highest BCUT2D eigenvalue weighted by molar-refractivity contribution is 5.08. The predicted octanol–water partition coefficient (Wildman–Crippen LogP) is 3.46. The van der Waals surface area contributed by atoms with E-state index in [-0.39, 0.29) is 0 Å². The Morgan fingerprint density at radius 3 is 2.90 bits per heavy atom. The second-order valence-electron chi connectivity index (χ2n) is 6.52. The fourth-order valence-electron chi connectivity index (χ4n) is 3.47. The Balaban J connectivity index is 1.87. The summed E-state index contributed by atoms with van der Waals surface area (Å²) >= 11 is 0. The summed E-state index contributed by atoms with van der Waals surface area (Å²) in [6.07, 6.45) is 12.0. The Hall–Kier alpha value is -0.930. The maximum atomic E-state index is 4.22. The molecule has 1 aliphatic rings. The lowest BCUT2D eigenvalue weighted by Gasteiger charge is -2.30. The summed E-state index contributed by atoms with van der Waals surface area (Å²) in [5.74, 6) is 0.792. The van der Waals surface area contributed by atoms with Gasteiger partial charge in [-0.05, 0) is 50.4 Å². The molecule has 0 radical (unpaired) electrons. The molecule has 1 heterocycles. The standard InChI is InChI=1S/C18H31N3/c1-3-11-20-18-10-6-4-5-9-17(18)15-21(2)14-16-8-7-12-19-13-16/h7-8,12-13,17-18,20H,3-6,9-11,14-15H2,1-2H3. The molecule has 2 atom stereocenters. The zero-order valence-electron chi connectivity index (χ0n) is 13.7. The molecule has 3 heteroatoms. The molecule has 0 amide bonds. The zero-order chi connectivity index (χ0) is 14.9. The van der Waals surface area contributed by atoms with Crippen LogP contribution in [0.25, 0.3) is 0 Å². The molecular formula is C18H31N3. The second-order valence-corrected chi connectivity index (χ2v) is 6.52. The summed E-state index contributed by atoms with van der Waals surface area (Å²) in [7, 11) is 2.24. The quantitative estimate of drug-likeness (QED) is 0.779. The molecule has 2 rings (SSSR count). The van der Waals surface area contributed by atoms with Gasteiger partial charge in [0.2, 0.25) is 0 Å². The van der Waals surface area contributed by atoms with Crippen molar-refractivity contribution in [1.82, 2.24) is 15.2 Å². The van der Waals surface area contributed by atoms with Crippen molar-refractivity contribution < 1.29 is 0 Å². The minimum atomic E-state index is 0.712. The van der Waals surface area contributed by atoms with Crippen molar-refractivity contribution in [2.75, 3.05) is 20.1 Å².